The van der Waals surface area contributed by atoms with Gasteiger partial charge in [-0.25, -0.2) is 9.78 Å². The molecule has 1 aliphatic carbocycles. The van der Waals surface area contributed by atoms with E-state index in [4.69, 9.17) is 9.47 Å². The number of nitrogens with one attached hydrogen (secondary N) is 1. The lowest BCUT2D eigenvalue weighted by molar-refractivity contribution is -0.151. The summed E-state index contributed by atoms with van der Waals surface area (Å²) in [5.41, 5.74) is 2.30. The van der Waals surface area contributed by atoms with Gasteiger partial charge in [-0.15, -0.1) is 0 Å². The number of carbonyl (C=O) groups excluding carboxylic acids is 3. The number of carbonyl (C=O) groups is 3. The van der Waals surface area contributed by atoms with E-state index in [-0.39, 0.29) is 29.9 Å². The molecule has 0 spiro atoms. The summed E-state index contributed by atoms with van der Waals surface area (Å²) in [4.78, 5) is 41.2. The molecule has 0 radical (unpaired) electrons. The maximum absolute atomic E-state index is 12.7. The first kappa shape index (κ1) is 22.8. The summed E-state index contributed by atoms with van der Waals surface area (Å²) in [5.74, 6) is -0.809. The molecule has 1 amide bonds. The first-order valence-electron chi connectivity index (χ1n) is 10.1. The van der Waals surface area contributed by atoms with Gasteiger partial charge in [0.1, 0.15) is 12.1 Å². The highest BCUT2D eigenvalue weighted by atomic mass is 32.2. The van der Waals surface area contributed by atoms with Crippen molar-refractivity contribution in [2.45, 2.75) is 44.8 Å². The Morgan fingerprint density at radius 3 is 2.74 bits per heavy atom. The van der Waals surface area contributed by atoms with Crippen LogP contribution in [0.5, 0.6) is 5.75 Å². The van der Waals surface area contributed by atoms with Crippen molar-refractivity contribution in [3.63, 3.8) is 0 Å². The Morgan fingerprint density at radius 2 is 2.00 bits per heavy atom. The minimum Gasteiger partial charge on any atom is -0.460 e. The smallest absolute Gasteiger partial charge is 0.328 e. The summed E-state index contributed by atoms with van der Waals surface area (Å²) in [6.45, 7) is 3.58. The van der Waals surface area contributed by atoms with Crippen LogP contribution in [0.1, 0.15) is 47.8 Å². The van der Waals surface area contributed by atoms with Gasteiger partial charge in [-0.05, 0) is 36.4 Å². The van der Waals surface area contributed by atoms with Crippen LogP contribution in [0.25, 0.3) is 0 Å². The molecule has 0 saturated carbocycles. The van der Waals surface area contributed by atoms with Crippen LogP contribution in [0.15, 0.2) is 42.6 Å². The van der Waals surface area contributed by atoms with Crippen molar-refractivity contribution in [1.82, 2.24) is 10.3 Å². The van der Waals surface area contributed by atoms with Gasteiger partial charge in [0.2, 0.25) is 0 Å². The molecule has 3 atom stereocenters. The maximum atomic E-state index is 12.7. The molecule has 0 aliphatic heterocycles. The molecular formula is C23H26N2O5S. The second-order valence-electron chi connectivity index (χ2n) is 7.43. The zero-order valence-corrected chi connectivity index (χ0v) is 18.6. The van der Waals surface area contributed by atoms with Crippen molar-refractivity contribution < 1.29 is 23.9 Å². The molecule has 31 heavy (non-hydrogen) atoms. The van der Waals surface area contributed by atoms with Gasteiger partial charge in [0.15, 0.2) is 11.4 Å². The van der Waals surface area contributed by atoms with Crippen LogP contribution in [-0.2, 0) is 20.7 Å². The number of hydrogen-bond acceptors (Lipinski definition) is 7. The second kappa shape index (κ2) is 10.4. The van der Waals surface area contributed by atoms with Gasteiger partial charge in [0.05, 0.1) is 6.42 Å². The van der Waals surface area contributed by atoms with Crippen LogP contribution in [0.4, 0.5) is 0 Å². The lowest BCUT2D eigenvalue weighted by atomic mass is 10.0. The summed E-state index contributed by atoms with van der Waals surface area (Å²) >= 11 is 1.52. The lowest BCUT2D eigenvalue weighted by Gasteiger charge is -2.20. The fraction of sp³-hybridized carbons (Fsp3) is 0.391. The van der Waals surface area contributed by atoms with E-state index in [1.807, 2.05) is 37.4 Å². The summed E-state index contributed by atoms with van der Waals surface area (Å²) < 4.78 is 11.0. The number of amides is 1. The lowest BCUT2D eigenvalue weighted by Crippen LogP contribution is -2.41. The Bertz CT molecular complexity index is 964. The zero-order chi connectivity index (χ0) is 22.4. The largest absolute Gasteiger partial charge is 0.460 e. The minimum absolute atomic E-state index is 0.0544. The molecule has 1 aliphatic rings. The summed E-state index contributed by atoms with van der Waals surface area (Å²) in [5, 5.41) is 2.59. The van der Waals surface area contributed by atoms with Gasteiger partial charge in [-0.3, -0.25) is 9.59 Å². The van der Waals surface area contributed by atoms with Gasteiger partial charge >= 0.3 is 11.9 Å². The molecule has 164 valence electrons. The van der Waals surface area contributed by atoms with E-state index in [0.717, 1.165) is 0 Å². The van der Waals surface area contributed by atoms with Crippen molar-refractivity contribution in [2.75, 3.05) is 12.0 Å². The molecule has 2 aromatic rings. The average Bonchev–Trinajstić information content (AvgIpc) is 3.08. The number of esters is 2. The predicted molar refractivity (Wildman–Crippen MR) is 118 cm³/mol. The van der Waals surface area contributed by atoms with E-state index < -0.39 is 23.9 Å². The number of ether oxygens (including phenoxy) is 2. The van der Waals surface area contributed by atoms with E-state index in [2.05, 4.69) is 10.3 Å². The number of rotatable bonds is 8. The second-order valence-corrected chi connectivity index (χ2v) is 8.41. The Kier molecular flexibility index (Phi) is 7.68. The third-order valence-electron chi connectivity index (χ3n) is 5.21. The molecule has 8 heteroatoms. The first-order valence-corrected chi connectivity index (χ1v) is 11.5. The Morgan fingerprint density at radius 1 is 1.23 bits per heavy atom. The van der Waals surface area contributed by atoms with Crippen LogP contribution < -0.4 is 10.1 Å². The van der Waals surface area contributed by atoms with Gasteiger partial charge < -0.3 is 14.8 Å². The normalized spacial score (nSPS) is 18.0. The molecule has 3 rings (SSSR count). The van der Waals surface area contributed by atoms with Gasteiger partial charge in [0.25, 0.3) is 5.91 Å². The number of thioether (sulfide) groups is 1. The van der Waals surface area contributed by atoms with E-state index in [1.165, 1.54) is 35.2 Å². The van der Waals surface area contributed by atoms with Crippen molar-refractivity contribution in [3.05, 3.63) is 59.4 Å². The standard InChI is InChI=1S/C23H26N2O5S/c1-14-17-8-5-4-7-16(17)13-19(14)30-23(28)15(2)25-22(27)21-18(9-6-11-24-21)29-20(26)10-12-31-3/h4-9,11,14-15,19H,10,12-13H2,1-3H3,(H,25,27)/t14?,15-,19?/m0/s1. The van der Waals surface area contributed by atoms with Crippen molar-refractivity contribution >= 4 is 29.6 Å². The minimum atomic E-state index is -0.884. The highest BCUT2D eigenvalue weighted by Crippen LogP contribution is 2.34. The molecule has 7 nitrogen and oxygen atoms in total. The van der Waals surface area contributed by atoms with Crippen LogP contribution in [0.3, 0.4) is 0 Å². The molecule has 1 aromatic carbocycles. The first-order chi connectivity index (χ1) is 14.9. The summed E-state index contributed by atoms with van der Waals surface area (Å²) in [6, 6.07) is 10.2. The molecule has 0 bridgehead atoms. The van der Waals surface area contributed by atoms with Crippen LogP contribution in [0.2, 0.25) is 0 Å². The third-order valence-corrected chi connectivity index (χ3v) is 5.83. The summed E-state index contributed by atoms with van der Waals surface area (Å²) in [6.07, 6.45) is 3.92. The van der Waals surface area contributed by atoms with Crippen molar-refractivity contribution in [2.24, 2.45) is 0 Å². The number of hydrogen-bond donors (Lipinski definition) is 1. The number of pyridine rings is 1. The highest BCUT2D eigenvalue weighted by Gasteiger charge is 2.33. The fourth-order valence-electron chi connectivity index (χ4n) is 3.48. The van der Waals surface area contributed by atoms with E-state index >= 15 is 0 Å². The Labute approximate surface area is 185 Å². The fourth-order valence-corrected chi connectivity index (χ4v) is 3.85. The van der Waals surface area contributed by atoms with Gasteiger partial charge in [0, 0.05) is 24.3 Å². The number of nitrogens with zero attached hydrogens (tertiary/aromatic N) is 1. The molecule has 2 unspecified atom stereocenters. The highest BCUT2D eigenvalue weighted by molar-refractivity contribution is 7.98. The maximum Gasteiger partial charge on any atom is 0.328 e. The van der Waals surface area contributed by atoms with E-state index in [9.17, 15) is 14.4 Å². The van der Waals surface area contributed by atoms with Gasteiger partial charge in [-0.2, -0.15) is 11.8 Å². The SMILES string of the molecule is CSCCC(=O)Oc1cccnc1C(=O)N[C@@H](C)C(=O)OC1Cc2ccccc2C1C. The molecule has 1 aromatic heterocycles. The third kappa shape index (κ3) is 5.64. The topological polar surface area (TPSA) is 94.6 Å². The molecule has 1 heterocycles. The predicted octanol–water partition coefficient (Wildman–Crippen LogP) is 3.13. The van der Waals surface area contributed by atoms with Crippen molar-refractivity contribution in [3.8, 4) is 5.75 Å². The molecule has 0 saturated heterocycles. The molecular weight excluding hydrogens is 416 g/mol. The molecule has 0 fully saturated rings. The molecule has 1 N–H and O–H groups in total. The summed E-state index contributed by atoms with van der Waals surface area (Å²) in [7, 11) is 0. The number of aromatic nitrogens is 1. The zero-order valence-electron chi connectivity index (χ0n) is 17.8. The number of benzene rings is 1. The Hall–Kier alpha value is -2.87. The quantitative estimate of drug-likeness (QED) is 0.628. The number of fused-ring (bicyclic) bond motifs is 1. The van der Waals surface area contributed by atoms with Gasteiger partial charge in [-0.1, -0.05) is 31.2 Å². The van der Waals surface area contributed by atoms with Crippen LogP contribution in [-0.4, -0.2) is 47.0 Å². The van der Waals surface area contributed by atoms with E-state index in [0.29, 0.717) is 12.2 Å². The monoisotopic (exact) mass is 442 g/mol. The average molecular weight is 443 g/mol. The van der Waals surface area contributed by atoms with E-state index in [1.54, 1.807) is 13.0 Å². The van der Waals surface area contributed by atoms with Crippen LogP contribution >= 0.6 is 11.8 Å². The van der Waals surface area contributed by atoms with Crippen LogP contribution in [0, 0.1) is 0 Å². The van der Waals surface area contributed by atoms with Crippen molar-refractivity contribution in [1.29, 1.82) is 0 Å². The Balaban J connectivity index is 1.59.